The van der Waals surface area contributed by atoms with Crippen molar-refractivity contribution in [3.63, 3.8) is 0 Å². The molecule has 1 atom stereocenters. The summed E-state index contributed by atoms with van der Waals surface area (Å²) in [4.78, 5) is 23.3. The zero-order chi connectivity index (χ0) is 24.2. The zero-order valence-electron chi connectivity index (χ0n) is 18.3. The van der Waals surface area contributed by atoms with Gasteiger partial charge in [0.05, 0.1) is 34.9 Å². The fourth-order valence-electron chi connectivity index (χ4n) is 4.00. The number of nitrogen functional groups attached to an aromatic ring is 1. The van der Waals surface area contributed by atoms with Gasteiger partial charge < -0.3 is 25.5 Å². The first-order valence-electron chi connectivity index (χ1n) is 10.5. The number of fused-ring (bicyclic) bond motifs is 1. The average molecular weight is 486 g/mol. The maximum atomic E-state index is 13.0. The highest BCUT2D eigenvalue weighted by atomic mass is 35.5. The number of aromatic nitrogens is 4. The lowest BCUT2D eigenvalue weighted by molar-refractivity contribution is 0.102. The molecule has 1 fully saturated rings. The standard InChI is InChI=1S/C22H23N7O3.ClHO/c1-28-10-14-7-17(19(9-16(14)27-28)29-6-2-3-15(30)11-29)25-21(31)18-12-32-22(26-18)13-4-5-24-20(23)8-13;1-2/h4-5,7-10,12,15,30H,2-3,6,11H2,1H3,(H2,23,24)(H,25,31);2H. The molecular weight excluding hydrogens is 462 g/mol. The summed E-state index contributed by atoms with van der Waals surface area (Å²) in [7, 11) is 1.85. The highest BCUT2D eigenvalue weighted by Crippen LogP contribution is 2.33. The lowest BCUT2D eigenvalue weighted by atomic mass is 10.1. The number of halogens is 1. The van der Waals surface area contributed by atoms with Gasteiger partial charge in [-0.15, -0.1) is 0 Å². The topological polar surface area (TPSA) is 156 Å². The molecular formula is C22H24ClN7O4. The van der Waals surface area contributed by atoms with Gasteiger partial charge in [-0.1, -0.05) is 0 Å². The molecule has 0 spiro atoms. The lowest BCUT2D eigenvalue weighted by Crippen LogP contribution is -2.38. The number of carbonyl (C=O) groups excluding carboxylic acids is 1. The summed E-state index contributed by atoms with van der Waals surface area (Å²) in [6.07, 6.45) is 5.99. The number of nitrogens with one attached hydrogen (secondary N) is 1. The number of nitrogens with two attached hydrogens (primary N) is 1. The fourth-order valence-corrected chi connectivity index (χ4v) is 4.00. The van der Waals surface area contributed by atoms with E-state index in [1.807, 2.05) is 25.4 Å². The van der Waals surface area contributed by atoms with Gasteiger partial charge in [0.2, 0.25) is 5.89 Å². The third kappa shape index (κ3) is 4.96. The van der Waals surface area contributed by atoms with Gasteiger partial charge in [-0.2, -0.15) is 5.10 Å². The number of benzene rings is 1. The van der Waals surface area contributed by atoms with E-state index >= 15 is 0 Å². The van der Waals surface area contributed by atoms with Crippen molar-refractivity contribution < 1.29 is 19.0 Å². The van der Waals surface area contributed by atoms with Crippen LogP contribution in [-0.2, 0) is 7.05 Å². The van der Waals surface area contributed by atoms with Crippen LogP contribution in [0.2, 0.25) is 0 Å². The molecule has 5 N–H and O–H groups in total. The molecule has 1 aliphatic heterocycles. The summed E-state index contributed by atoms with van der Waals surface area (Å²) in [6.45, 7) is 1.29. The van der Waals surface area contributed by atoms with Crippen molar-refractivity contribution in [2.45, 2.75) is 18.9 Å². The number of hydrogen-bond donors (Lipinski definition) is 4. The summed E-state index contributed by atoms with van der Waals surface area (Å²) >= 11 is 3.64. The van der Waals surface area contributed by atoms with Gasteiger partial charge in [-0.25, -0.2) is 9.97 Å². The van der Waals surface area contributed by atoms with Crippen molar-refractivity contribution in [1.82, 2.24) is 19.7 Å². The van der Waals surface area contributed by atoms with Crippen molar-refractivity contribution in [3.8, 4) is 11.5 Å². The summed E-state index contributed by atoms with van der Waals surface area (Å²) in [5.74, 6) is 0.222. The zero-order valence-corrected chi connectivity index (χ0v) is 19.1. The molecule has 4 heterocycles. The molecule has 4 aromatic rings. The van der Waals surface area contributed by atoms with E-state index < -0.39 is 12.0 Å². The second-order valence-electron chi connectivity index (χ2n) is 7.93. The molecule has 34 heavy (non-hydrogen) atoms. The largest absolute Gasteiger partial charge is 0.444 e. The quantitative estimate of drug-likeness (QED) is 0.341. The Kier molecular flexibility index (Phi) is 6.96. The van der Waals surface area contributed by atoms with Crippen LogP contribution in [0.25, 0.3) is 22.4 Å². The highest BCUT2D eigenvalue weighted by molar-refractivity contribution is 6.06. The number of anilines is 3. The molecule has 1 saturated heterocycles. The molecule has 12 heteroatoms. The van der Waals surface area contributed by atoms with E-state index in [-0.39, 0.29) is 11.6 Å². The van der Waals surface area contributed by atoms with E-state index in [0.29, 0.717) is 23.6 Å². The Labute approximate surface area is 199 Å². The maximum absolute atomic E-state index is 13.0. The summed E-state index contributed by atoms with van der Waals surface area (Å²) in [5, 5.41) is 18.5. The van der Waals surface area contributed by atoms with Gasteiger partial charge in [-0.3, -0.25) is 14.1 Å². The van der Waals surface area contributed by atoms with Crippen molar-refractivity contribution >= 4 is 45.9 Å². The number of β-amino-alcohol motifs (C(OH)–C–C–N with tert-alkyl or cyclic N) is 1. The summed E-state index contributed by atoms with van der Waals surface area (Å²) in [6, 6.07) is 7.17. The molecule has 3 aromatic heterocycles. The molecule has 178 valence electrons. The van der Waals surface area contributed by atoms with E-state index in [1.165, 1.54) is 6.26 Å². The van der Waals surface area contributed by atoms with Crippen LogP contribution in [0.15, 0.2) is 47.3 Å². The lowest BCUT2D eigenvalue weighted by Gasteiger charge is -2.33. The minimum Gasteiger partial charge on any atom is -0.444 e. The predicted octanol–water partition coefficient (Wildman–Crippen LogP) is 2.55. The van der Waals surface area contributed by atoms with E-state index in [1.54, 1.807) is 23.0 Å². The Morgan fingerprint density at radius 3 is 2.91 bits per heavy atom. The van der Waals surface area contributed by atoms with E-state index in [4.69, 9.17) is 14.8 Å². The molecule has 0 saturated carbocycles. The van der Waals surface area contributed by atoms with Gasteiger partial charge in [0.25, 0.3) is 5.91 Å². The van der Waals surface area contributed by atoms with Crippen molar-refractivity contribution in [1.29, 1.82) is 0 Å². The van der Waals surface area contributed by atoms with Gasteiger partial charge in [0.15, 0.2) is 5.69 Å². The van der Waals surface area contributed by atoms with E-state index in [0.717, 1.165) is 36.0 Å². The first kappa shape index (κ1) is 23.5. The van der Waals surface area contributed by atoms with Gasteiger partial charge >= 0.3 is 0 Å². The van der Waals surface area contributed by atoms with Gasteiger partial charge in [0, 0.05) is 43.5 Å². The smallest absolute Gasteiger partial charge is 0.277 e. The van der Waals surface area contributed by atoms with E-state index in [9.17, 15) is 9.90 Å². The number of piperidine rings is 1. The van der Waals surface area contributed by atoms with Crippen LogP contribution in [-0.4, -0.2) is 54.6 Å². The SMILES string of the molecule is Cn1cc2cc(NC(=O)c3coc(-c4ccnc(N)c4)n3)c(N3CCCC(O)C3)cc2n1.OCl. The van der Waals surface area contributed by atoms with E-state index in [2.05, 4.69) is 37.1 Å². The maximum Gasteiger partial charge on any atom is 0.277 e. The molecule has 11 nitrogen and oxygen atoms in total. The van der Waals surface area contributed by atoms with Crippen LogP contribution in [0.3, 0.4) is 0 Å². The average Bonchev–Trinajstić information content (AvgIpc) is 3.46. The Morgan fingerprint density at radius 2 is 2.15 bits per heavy atom. The van der Waals surface area contributed by atoms with Crippen LogP contribution in [0.5, 0.6) is 0 Å². The molecule has 0 radical (unpaired) electrons. The number of aliphatic hydroxyl groups is 1. The number of oxazole rings is 1. The minimum absolute atomic E-state index is 0.145. The van der Waals surface area contributed by atoms with Crippen molar-refractivity contribution in [2.24, 2.45) is 7.05 Å². The molecule has 1 unspecified atom stereocenters. The first-order valence-corrected chi connectivity index (χ1v) is 10.9. The highest BCUT2D eigenvalue weighted by Gasteiger charge is 2.23. The van der Waals surface area contributed by atoms with Gasteiger partial charge in [-0.05, 0) is 37.1 Å². The third-order valence-electron chi connectivity index (χ3n) is 5.49. The number of aliphatic hydroxyl groups excluding tert-OH is 1. The van der Waals surface area contributed by atoms with Crippen LogP contribution in [0.1, 0.15) is 23.3 Å². The summed E-state index contributed by atoms with van der Waals surface area (Å²) < 4.78 is 13.7. The third-order valence-corrected chi connectivity index (χ3v) is 5.49. The monoisotopic (exact) mass is 485 g/mol. The number of pyridine rings is 1. The van der Waals surface area contributed by atoms with Gasteiger partial charge in [0.1, 0.15) is 12.1 Å². The first-order chi connectivity index (χ1) is 16.5. The molecule has 5 rings (SSSR count). The number of aryl methyl sites for hydroxylation is 1. The predicted molar refractivity (Wildman–Crippen MR) is 128 cm³/mol. The van der Waals surface area contributed by atoms with Crippen molar-refractivity contribution in [3.05, 3.63) is 48.6 Å². The molecule has 1 aliphatic rings. The Hall–Kier alpha value is -3.67. The number of hydrogen-bond acceptors (Lipinski definition) is 9. The fraction of sp³-hybridized carbons (Fsp3) is 0.273. The Balaban J connectivity index is 0.00000133. The Bertz CT molecular complexity index is 1310. The number of carbonyl (C=O) groups is 1. The normalized spacial score (nSPS) is 15.6. The minimum atomic E-state index is -0.405. The summed E-state index contributed by atoms with van der Waals surface area (Å²) in [5.41, 5.74) is 8.76. The molecule has 0 aliphatic carbocycles. The second-order valence-corrected chi connectivity index (χ2v) is 7.93. The van der Waals surface area contributed by atoms with Crippen LogP contribution in [0, 0.1) is 0 Å². The van der Waals surface area contributed by atoms with Crippen LogP contribution in [0.4, 0.5) is 17.2 Å². The second kappa shape index (κ2) is 10.1. The number of amides is 1. The number of nitrogens with zero attached hydrogens (tertiary/aromatic N) is 5. The molecule has 1 aromatic carbocycles. The van der Waals surface area contributed by atoms with Crippen molar-refractivity contribution in [2.75, 3.05) is 29.0 Å². The van der Waals surface area contributed by atoms with Crippen LogP contribution >= 0.6 is 11.9 Å². The Morgan fingerprint density at radius 1 is 1.32 bits per heavy atom. The number of rotatable bonds is 4. The molecule has 0 bridgehead atoms. The molecule has 1 amide bonds. The van der Waals surface area contributed by atoms with Crippen LogP contribution < -0.4 is 16.0 Å².